The van der Waals surface area contributed by atoms with E-state index in [1.807, 2.05) is 41.8 Å². The topological polar surface area (TPSA) is 68.3 Å². The van der Waals surface area contributed by atoms with Gasteiger partial charge in [0.25, 0.3) is 5.91 Å². The lowest BCUT2D eigenvalue weighted by Crippen LogP contribution is -2.31. The van der Waals surface area contributed by atoms with Gasteiger partial charge in [-0.05, 0) is 41.1 Å². The maximum absolute atomic E-state index is 12.9. The molecule has 1 aromatic carbocycles. The van der Waals surface area contributed by atoms with Gasteiger partial charge < -0.3 is 10.1 Å². The minimum Gasteiger partial charge on any atom is -0.443 e. The standard InChI is InChI=1S/C21H16N2O3S2/c24-20(23-13-16-5-2-10-27-16)19(26-21(25)18-6-3-11-28-18)15-7-8-17-14(12-15)4-1-9-22-17/h1-12,19H,13H2,(H,23,24). The van der Waals surface area contributed by atoms with Crippen LogP contribution in [0.15, 0.2) is 71.6 Å². The fourth-order valence-corrected chi connectivity index (χ4v) is 4.02. The summed E-state index contributed by atoms with van der Waals surface area (Å²) in [6, 6.07) is 16.5. The number of amides is 1. The molecule has 5 nitrogen and oxygen atoms in total. The van der Waals surface area contributed by atoms with Crippen LogP contribution in [0.1, 0.15) is 26.2 Å². The van der Waals surface area contributed by atoms with E-state index in [2.05, 4.69) is 10.3 Å². The van der Waals surface area contributed by atoms with Crippen molar-refractivity contribution in [2.75, 3.05) is 0 Å². The first-order chi connectivity index (χ1) is 13.7. The van der Waals surface area contributed by atoms with Crippen molar-refractivity contribution in [2.45, 2.75) is 12.6 Å². The lowest BCUT2D eigenvalue weighted by atomic mass is 10.1. The second-order valence-corrected chi connectivity index (χ2v) is 8.00. The molecule has 0 fully saturated rings. The molecule has 7 heteroatoms. The Morgan fingerprint density at radius 3 is 2.68 bits per heavy atom. The van der Waals surface area contributed by atoms with Crippen LogP contribution in [0.5, 0.6) is 0 Å². The van der Waals surface area contributed by atoms with Crippen LogP contribution in [-0.4, -0.2) is 16.9 Å². The summed E-state index contributed by atoms with van der Waals surface area (Å²) in [6.07, 6.45) is 0.670. The first-order valence-electron chi connectivity index (χ1n) is 8.60. The van der Waals surface area contributed by atoms with E-state index >= 15 is 0 Å². The Hall–Kier alpha value is -3.03. The zero-order valence-electron chi connectivity index (χ0n) is 14.7. The van der Waals surface area contributed by atoms with Crippen molar-refractivity contribution in [3.05, 3.63) is 86.9 Å². The van der Waals surface area contributed by atoms with E-state index in [0.717, 1.165) is 15.8 Å². The van der Waals surface area contributed by atoms with Crippen LogP contribution in [0, 0.1) is 0 Å². The normalized spacial score (nSPS) is 11.9. The number of carbonyl (C=O) groups is 2. The van der Waals surface area contributed by atoms with Crippen molar-refractivity contribution in [1.29, 1.82) is 0 Å². The summed E-state index contributed by atoms with van der Waals surface area (Å²) in [7, 11) is 0. The maximum atomic E-state index is 12.9. The minimum absolute atomic E-state index is 0.360. The summed E-state index contributed by atoms with van der Waals surface area (Å²) in [4.78, 5) is 31.1. The molecule has 0 saturated heterocycles. The smallest absolute Gasteiger partial charge is 0.349 e. The van der Waals surface area contributed by atoms with Gasteiger partial charge in [-0.25, -0.2) is 4.79 Å². The Kier molecular flexibility index (Phi) is 5.45. The number of hydrogen-bond donors (Lipinski definition) is 1. The van der Waals surface area contributed by atoms with Gasteiger partial charge in [0.15, 0.2) is 0 Å². The molecule has 0 spiro atoms. The van der Waals surface area contributed by atoms with Gasteiger partial charge in [0, 0.05) is 22.0 Å². The number of pyridine rings is 1. The molecular formula is C21H16N2O3S2. The summed E-state index contributed by atoms with van der Waals surface area (Å²) >= 11 is 2.84. The second-order valence-electron chi connectivity index (χ2n) is 6.02. The van der Waals surface area contributed by atoms with E-state index in [0.29, 0.717) is 17.0 Å². The third-order valence-corrected chi connectivity index (χ3v) is 5.86. The third kappa shape index (κ3) is 4.11. The van der Waals surface area contributed by atoms with E-state index in [1.165, 1.54) is 11.3 Å². The third-order valence-electron chi connectivity index (χ3n) is 4.13. The van der Waals surface area contributed by atoms with Crippen LogP contribution in [-0.2, 0) is 16.1 Å². The van der Waals surface area contributed by atoms with Crippen LogP contribution in [0.3, 0.4) is 0 Å². The number of benzene rings is 1. The molecule has 1 atom stereocenters. The Morgan fingerprint density at radius 2 is 1.89 bits per heavy atom. The monoisotopic (exact) mass is 408 g/mol. The van der Waals surface area contributed by atoms with Crippen LogP contribution in [0.4, 0.5) is 0 Å². The summed E-state index contributed by atoms with van der Waals surface area (Å²) in [5.41, 5.74) is 1.42. The van der Waals surface area contributed by atoms with Crippen molar-refractivity contribution in [3.63, 3.8) is 0 Å². The Balaban J connectivity index is 1.61. The van der Waals surface area contributed by atoms with Crippen molar-refractivity contribution in [3.8, 4) is 0 Å². The van der Waals surface area contributed by atoms with Crippen molar-refractivity contribution < 1.29 is 14.3 Å². The van der Waals surface area contributed by atoms with Crippen LogP contribution in [0.25, 0.3) is 10.9 Å². The molecule has 1 amide bonds. The molecule has 0 radical (unpaired) electrons. The van der Waals surface area contributed by atoms with Crippen molar-refractivity contribution >= 4 is 45.5 Å². The number of esters is 1. The molecule has 140 valence electrons. The first-order valence-corrected chi connectivity index (χ1v) is 10.4. The number of hydrogen-bond acceptors (Lipinski definition) is 6. The van der Waals surface area contributed by atoms with E-state index < -0.39 is 12.1 Å². The van der Waals surface area contributed by atoms with Gasteiger partial charge in [0.1, 0.15) is 4.88 Å². The number of thiophene rings is 2. The van der Waals surface area contributed by atoms with Crippen LogP contribution in [0.2, 0.25) is 0 Å². The zero-order valence-corrected chi connectivity index (χ0v) is 16.3. The molecule has 3 heterocycles. The molecule has 28 heavy (non-hydrogen) atoms. The number of nitrogens with one attached hydrogen (secondary N) is 1. The largest absolute Gasteiger partial charge is 0.443 e. The molecule has 0 bridgehead atoms. The van der Waals surface area contributed by atoms with Gasteiger partial charge in [0.2, 0.25) is 6.10 Å². The highest BCUT2D eigenvalue weighted by Crippen LogP contribution is 2.25. The lowest BCUT2D eigenvalue weighted by molar-refractivity contribution is -0.130. The SMILES string of the molecule is O=C(OC(C(=O)NCc1cccs1)c1ccc2ncccc2c1)c1cccs1. The predicted molar refractivity (Wildman–Crippen MR) is 110 cm³/mol. The summed E-state index contributed by atoms with van der Waals surface area (Å²) in [5, 5.41) is 7.49. The summed E-state index contributed by atoms with van der Waals surface area (Å²) < 4.78 is 5.60. The lowest BCUT2D eigenvalue weighted by Gasteiger charge is -2.18. The highest BCUT2D eigenvalue weighted by Gasteiger charge is 2.26. The highest BCUT2D eigenvalue weighted by molar-refractivity contribution is 7.12. The molecular weight excluding hydrogens is 392 g/mol. The van der Waals surface area contributed by atoms with E-state index in [9.17, 15) is 9.59 Å². The van der Waals surface area contributed by atoms with Gasteiger partial charge in [0.05, 0.1) is 12.1 Å². The number of ether oxygens (including phenoxy) is 1. The number of carbonyl (C=O) groups excluding carboxylic acids is 2. The molecule has 0 aliphatic rings. The van der Waals surface area contributed by atoms with Crippen molar-refractivity contribution in [1.82, 2.24) is 10.3 Å². The van der Waals surface area contributed by atoms with Gasteiger partial charge >= 0.3 is 5.97 Å². The van der Waals surface area contributed by atoms with E-state index in [1.54, 1.807) is 41.1 Å². The van der Waals surface area contributed by atoms with Crippen LogP contribution < -0.4 is 5.32 Å². The number of fused-ring (bicyclic) bond motifs is 1. The van der Waals surface area contributed by atoms with Gasteiger partial charge in [-0.3, -0.25) is 9.78 Å². The van der Waals surface area contributed by atoms with Gasteiger partial charge in [-0.1, -0.05) is 24.3 Å². The Bertz CT molecular complexity index is 1090. The predicted octanol–water partition coefficient (Wildman–Crippen LogP) is 4.57. The maximum Gasteiger partial charge on any atom is 0.349 e. The molecule has 1 unspecified atom stereocenters. The quantitative estimate of drug-likeness (QED) is 0.475. The average Bonchev–Trinajstić information content (AvgIpc) is 3.44. The molecule has 4 rings (SSSR count). The number of aromatic nitrogens is 1. The molecule has 0 aliphatic heterocycles. The summed E-state index contributed by atoms with van der Waals surface area (Å²) in [6.45, 7) is 0.388. The Morgan fingerprint density at radius 1 is 1.04 bits per heavy atom. The molecule has 1 N–H and O–H groups in total. The van der Waals surface area contributed by atoms with Crippen molar-refractivity contribution in [2.24, 2.45) is 0 Å². The molecule has 0 aliphatic carbocycles. The van der Waals surface area contributed by atoms with E-state index in [4.69, 9.17) is 4.74 Å². The second kappa shape index (κ2) is 8.33. The molecule has 0 saturated carbocycles. The molecule has 4 aromatic rings. The highest BCUT2D eigenvalue weighted by atomic mass is 32.1. The van der Waals surface area contributed by atoms with Crippen LogP contribution >= 0.6 is 22.7 Å². The van der Waals surface area contributed by atoms with Gasteiger partial charge in [-0.15, -0.1) is 22.7 Å². The van der Waals surface area contributed by atoms with E-state index in [-0.39, 0.29) is 5.91 Å². The fraction of sp³-hybridized carbons (Fsp3) is 0.0952. The van der Waals surface area contributed by atoms with Gasteiger partial charge in [-0.2, -0.15) is 0 Å². The minimum atomic E-state index is -1.04. The first kappa shape index (κ1) is 18.3. The Labute approximate surface area is 169 Å². The average molecular weight is 409 g/mol. The summed E-state index contributed by atoms with van der Waals surface area (Å²) in [5.74, 6) is -0.876. The molecule has 3 aromatic heterocycles. The zero-order chi connectivity index (χ0) is 19.3. The number of nitrogens with zero attached hydrogens (tertiary/aromatic N) is 1. The fourth-order valence-electron chi connectivity index (χ4n) is 2.77. The number of rotatable bonds is 6.